The summed E-state index contributed by atoms with van der Waals surface area (Å²) in [5, 5.41) is 0.791. The van der Waals surface area contributed by atoms with Gasteiger partial charge < -0.3 is 9.32 Å². The number of rotatable bonds is 0. The summed E-state index contributed by atoms with van der Waals surface area (Å²) >= 11 is 0. The van der Waals surface area contributed by atoms with Crippen molar-refractivity contribution in [2.75, 3.05) is 18.0 Å². The molecule has 0 fully saturated rings. The fourth-order valence-corrected chi connectivity index (χ4v) is 3.55. The average molecular weight is 261 g/mol. The van der Waals surface area contributed by atoms with Gasteiger partial charge >= 0.3 is 5.63 Å². The van der Waals surface area contributed by atoms with Gasteiger partial charge in [-0.1, -0.05) is 5.46 Å². The Morgan fingerprint density at radius 2 is 1.85 bits per heavy atom. The van der Waals surface area contributed by atoms with E-state index in [1.165, 1.54) is 11.3 Å². The van der Waals surface area contributed by atoms with Crippen molar-refractivity contribution in [3.8, 4) is 0 Å². The number of fused-ring (bicyclic) bond motifs is 2. The zero-order chi connectivity index (χ0) is 13.9. The number of nitrogens with zero attached hydrogens (tertiary/aromatic N) is 1. The van der Waals surface area contributed by atoms with E-state index in [4.69, 9.17) is 20.1 Å². The minimum Gasteiger partial charge on any atom is -0.423 e. The molecule has 0 amide bonds. The first-order chi connectivity index (χ1) is 9.66. The predicted octanol–water partition coefficient (Wildman–Crippen LogP) is 0.0794. The van der Waals surface area contributed by atoms with E-state index in [9.17, 15) is 4.79 Å². The maximum atomic E-state index is 11.8. The van der Waals surface area contributed by atoms with Crippen molar-refractivity contribution >= 4 is 43.3 Å². The maximum Gasteiger partial charge on any atom is 0.328 e. The number of aryl methyl sites for hydroxylation is 2. The zero-order valence-corrected chi connectivity index (χ0v) is 11.2. The summed E-state index contributed by atoms with van der Waals surface area (Å²) < 4.78 is 5.46. The molecule has 1 aromatic heterocycles. The largest absolute Gasteiger partial charge is 0.423 e. The van der Waals surface area contributed by atoms with Crippen LogP contribution in [0.5, 0.6) is 0 Å². The summed E-state index contributed by atoms with van der Waals surface area (Å²) in [4.78, 5) is 14.2. The van der Waals surface area contributed by atoms with E-state index in [0.717, 1.165) is 49.7 Å². The molecule has 4 radical (unpaired) electrons. The quantitative estimate of drug-likeness (QED) is 0.497. The molecule has 96 valence electrons. The highest BCUT2D eigenvalue weighted by molar-refractivity contribution is 6.52. The third kappa shape index (κ3) is 1.52. The van der Waals surface area contributed by atoms with Crippen LogP contribution in [-0.4, -0.2) is 28.8 Å². The lowest BCUT2D eigenvalue weighted by Gasteiger charge is -2.37. The normalized spacial score (nSPS) is 17.3. The van der Waals surface area contributed by atoms with Crippen LogP contribution in [-0.2, 0) is 12.8 Å². The highest BCUT2D eigenvalue weighted by Gasteiger charge is 2.27. The molecule has 0 unspecified atom stereocenters. The van der Waals surface area contributed by atoms with Gasteiger partial charge in [-0.3, -0.25) is 0 Å². The number of hydrogen-bond donors (Lipinski definition) is 0. The Labute approximate surface area is 119 Å². The van der Waals surface area contributed by atoms with Gasteiger partial charge in [-0.2, -0.15) is 0 Å². The van der Waals surface area contributed by atoms with Crippen molar-refractivity contribution in [2.45, 2.75) is 25.7 Å². The van der Waals surface area contributed by atoms with Gasteiger partial charge in [-0.05, 0) is 42.8 Å². The van der Waals surface area contributed by atoms with E-state index in [2.05, 4.69) is 11.0 Å². The monoisotopic (exact) mass is 261 g/mol. The van der Waals surface area contributed by atoms with Crippen LogP contribution in [0.4, 0.5) is 5.69 Å². The molecule has 2 aromatic rings. The Bertz CT molecular complexity index is 780. The Hall–Kier alpha value is -1.64. The second-order valence-corrected chi connectivity index (χ2v) is 5.65. The SMILES string of the molecule is [B]c1c([B])c2cc3c4c(c2oc1=O)CCCN4CCC3. The second kappa shape index (κ2) is 4.18. The Balaban J connectivity index is 2.16. The molecule has 1 aromatic carbocycles. The van der Waals surface area contributed by atoms with Gasteiger partial charge in [0.2, 0.25) is 0 Å². The lowest BCUT2D eigenvalue weighted by atomic mass is 9.78. The average Bonchev–Trinajstić information content (AvgIpc) is 2.47. The Kier molecular flexibility index (Phi) is 2.53. The third-order valence-electron chi connectivity index (χ3n) is 4.47. The van der Waals surface area contributed by atoms with E-state index >= 15 is 0 Å². The highest BCUT2D eigenvalue weighted by Crippen LogP contribution is 2.38. The zero-order valence-electron chi connectivity index (χ0n) is 11.2. The third-order valence-corrected chi connectivity index (χ3v) is 4.47. The molecule has 0 atom stereocenters. The van der Waals surface area contributed by atoms with E-state index in [0.29, 0.717) is 11.0 Å². The molecule has 20 heavy (non-hydrogen) atoms. The van der Waals surface area contributed by atoms with Crippen LogP contribution in [0.2, 0.25) is 0 Å². The summed E-state index contributed by atoms with van der Waals surface area (Å²) in [5.74, 6) is 0. The molecule has 3 heterocycles. The van der Waals surface area contributed by atoms with Gasteiger partial charge in [0.05, 0.1) is 0 Å². The minimum atomic E-state index is -0.529. The van der Waals surface area contributed by atoms with Crippen molar-refractivity contribution < 1.29 is 4.42 Å². The van der Waals surface area contributed by atoms with E-state index in [1.54, 1.807) is 0 Å². The summed E-state index contributed by atoms with van der Waals surface area (Å²) in [6.45, 7) is 2.17. The first kappa shape index (κ1) is 12.1. The number of benzene rings is 1. The molecular weight excluding hydrogens is 248 g/mol. The number of anilines is 1. The predicted molar refractivity (Wildman–Crippen MR) is 82.1 cm³/mol. The summed E-state index contributed by atoms with van der Waals surface area (Å²) in [7, 11) is 11.7. The fraction of sp³-hybridized carbons (Fsp3) is 0.400. The first-order valence-electron chi connectivity index (χ1n) is 7.08. The van der Waals surface area contributed by atoms with Crippen LogP contribution in [0.1, 0.15) is 24.0 Å². The molecule has 0 spiro atoms. The minimum absolute atomic E-state index is 0.0214. The van der Waals surface area contributed by atoms with Crippen molar-refractivity contribution in [3.05, 3.63) is 27.6 Å². The topological polar surface area (TPSA) is 33.5 Å². The summed E-state index contributed by atoms with van der Waals surface area (Å²) in [6.07, 6.45) is 4.22. The molecule has 0 saturated carbocycles. The van der Waals surface area contributed by atoms with E-state index in [-0.39, 0.29) is 5.46 Å². The first-order valence-corrected chi connectivity index (χ1v) is 7.08. The highest BCUT2D eigenvalue weighted by atomic mass is 16.4. The van der Waals surface area contributed by atoms with Crippen LogP contribution >= 0.6 is 0 Å². The molecule has 0 N–H and O–H groups in total. The summed E-state index contributed by atoms with van der Waals surface area (Å²) in [5.41, 5.74) is 4.19. The fourth-order valence-electron chi connectivity index (χ4n) is 3.55. The molecule has 2 aliphatic rings. The van der Waals surface area contributed by atoms with Gasteiger partial charge in [-0.15, -0.1) is 0 Å². The van der Waals surface area contributed by atoms with Crippen molar-refractivity contribution in [1.29, 1.82) is 0 Å². The van der Waals surface area contributed by atoms with Crippen LogP contribution in [0.25, 0.3) is 11.0 Å². The maximum absolute atomic E-state index is 11.8. The van der Waals surface area contributed by atoms with Crippen LogP contribution in [0.3, 0.4) is 0 Å². The Morgan fingerprint density at radius 1 is 1.10 bits per heavy atom. The lowest BCUT2D eigenvalue weighted by molar-refractivity contribution is 0.555. The standard InChI is InChI=1S/C15H13B2NO2/c16-11-10-7-8-3-1-5-18-6-2-4-9(13(8)18)14(10)20-15(19)12(11)17/h7H,1-6H2. The van der Waals surface area contributed by atoms with Crippen molar-refractivity contribution in [1.82, 2.24) is 0 Å². The van der Waals surface area contributed by atoms with E-state index < -0.39 is 5.63 Å². The molecule has 0 bridgehead atoms. The molecule has 2 aliphatic heterocycles. The van der Waals surface area contributed by atoms with Crippen LogP contribution in [0.15, 0.2) is 15.3 Å². The molecule has 3 nitrogen and oxygen atoms in total. The number of hydrogen-bond acceptors (Lipinski definition) is 3. The van der Waals surface area contributed by atoms with Gasteiger partial charge in [0.25, 0.3) is 0 Å². The van der Waals surface area contributed by atoms with Gasteiger partial charge in [0, 0.05) is 29.7 Å². The molecule has 0 aliphatic carbocycles. The summed E-state index contributed by atoms with van der Waals surface area (Å²) in [6, 6.07) is 2.06. The molecule has 4 rings (SSSR count). The van der Waals surface area contributed by atoms with Crippen molar-refractivity contribution in [3.63, 3.8) is 0 Å². The van der Waals surface area contributed by atoms with Gasteiger partial charge in [0.1, 0.15) is 21.3 Å². The molecule has 5 heteroatoms. The smallest absolute Gasteiger partial charge is 0.328 e. The molecule has 0 saturated heterocycles. The van der Waals surface area contributed by atoms with Crippen LogP contribution < -0.4 is 21.5 Å². The second-order valence-electron chi connectivity index (χ2n) is 5.65. The van der Waals surface area contributed by atoms with Gasteiger partial charge in [0.15, 0.2) is 0 Å². The van der Waals surface area contributed by atoms with E-state index in [1.807, 2.05) is 0 Å². The molecular formula is C15H13B2NO2. The van der Waals surface area contributed by atoms with Crippen LogP contribution in [0, 0.1) is 0 Å². The Morgan fingerprint density at radius 3 is 2.65 bits per heavy atom. The van der Waals surface area contributed by atoms with Crippen molar-refractivity contribution in [2.24, 2.45) is 0 Å². The lowest BCUT2D eigenvalue weighted by Crippen LogP contribution is -2.40. The van der Waals surface area contributed by atoms with Gasteiger partial charge in [-0.25, -0.2) is 4.79 Å².